The Kier molecular flexibility index (Phi) is 4.48. The summed E-state index contributed by atoms with van der Waals surface area (Å²) in [6.07, 6.45) is 1.79. The van der Waals surface area contributed by atoms with E-state index in [1.165, 1.54) is 0 Å². The van der Waals surface area contributed by atoms with E-state index in [9.17, 15) is 9.59 Å². The van der Waals surface area contributed by atoms with Gasteiger partial charge in [-0.15, -0.1) is 0 Å². The van der Waals surface area contributed by atoms with E-state index < -0.39 is 5.91 Å². The molecule has 25 heavy (non-hydrogen) atoms. The fourth-order valence-corrected chi connectivity index (χ4v) is 3.53. The van der Waals surface area contributed by atoms with Crippen LogP contribution in [0.3, 0.4) is 0 Å². The first-order valence-corrected chi connectivity index (χ1v) is 8.22. The Bertz CT molecular complexity index is 810. The monoisotopic (exact) mass is 342 g/mol. The molecule has 1 fully saturated rings. The maximum absolute atomic E-state index is 13.0. The lowest BCUT2D eigenvalue weighted by molar-refractivity contribution is 0.0733. The van der Waals surface area contributed by atoms with Crippen LogP contribution in [-0.2, 0) is 7.05 Å². The van der Waals surface area contributed by atoms with Crippen molar-refractivity contribution in [1.82, 2.24) is 14.7 Å². The van der Waals surface area contributed by atoms with Gasteiger partial charge in [-0.2, -0.15) is 5.10 Å². The van der Waals surface area contributed by atoms with Crippen molar-refractivity contribution in [2.45, 2.75) is 25.8 Å². The smallest absolute Gasteiger partial charge is 0.254 e. The summed E-state index contributed by atoms with van der Waals surface area (Å²) >= 11 is 0. The van der Waals surface area contributed by atoms with E-state index >= 15 is 0 Å². The van der Waals surface area contributed by atoms with Gasteiger partial charge in [-0.1, -0.05) is 0 Å². The molecule has 2 aromatic rings. The van der Waals surface area contributed by atoms with Crippen LogP contribution in [0.4, 0.5) is 0 Å². The molecular formula is C18H22N4O3. The fraction of sp³-hybridized carbons (Fsp3) is 0.389. The molecule has 0 radical (unpaired) electrons. The Hall–Kier alpha value is -2.83. The zero-order valence-corrected chi connectivity index (χ0v) is 14.7. The molecule has 0 aliphatic carbocycles. The predicted molar refractivity (Wildman–Crippen MR) is 92.5 cm³/mol. The molecule has 7 heteroatoms. The number of nitrogens with two attached hydrogens (primary N) is 1. The number of primary amides is 1. The van der Waals surface area contributed by atoms with Gasteiger partial charge < -0.3 is 15.4 Å². The normalized spacial score (nSPS) is 16.9. The average molecular weight is 342 g/mol. The topological polar surface area (TPSA) is 90.4 Å². The van der Waals surface area contributed by atoms with E-state index in [-0.39, 0.29) is 11.9 Å². The second-order valence-corrected chi connectivity index (χ2v) is 6.23. The number of hydrogen-bond acceptors (Lipinski definition) is 4. The maximum atomic E-state index is 13.0. The van der Waals surface area contributed by atoms with Crippen molar-refractivity contribution in [2.75, 3.05) is 13.7 Å². The molecule has 0 saturated carbocycles. The summed E-state index contributed by atoms with van der Waals surface area (Å²) in [6.45, 7) is 2.61. The van der Waals surface area contributed by atoms with Gasteiger partial charge >= 0.3 is 0 Å². The van der Waals surface area contributed by atoms with Gasteiger partial charge in [0, 0.05) is 24.7 Å². The standard InChI is InChI=1S/C18H22N4O3/c1-11-15(18(25-3)21(2)20-11)14-5-4-10-22(14)17(24)13-8-6-12(7-9-13)16(19)23/h6-9,14H,4-5,10H2,1-3H3,(H2,19,23). The molecule has 2 heterocycles. The largest absolute Gasteiger partial charge is 0.481 e. The minimum absolute atomic E-state index is 0.0630. The number of ether oxygens (including phenoxy) is 1. The Labute approximate surface area is 146 Å². The quantitative estimate of drug-likeness (QED) is 0.917. The van der Waals surface area contributed by atoms with Crippen molar-refractivity contribution in [3.05, 3.63) is 46.6 Å². The van der Waals surface area contributed by atoms with Crippen molar-refractivity contribution in [1.29, 1.82) is 0 Å². The fourth-order valence-electron chi connectivity index (χ4n) is 3.53. The van der Waals surface area contributed by atoms with Gasteiger partial charge in [-0.3, -0.25) is 9.59 Å². The summed E-state index contributed by atoms with van der Waals surface area (Å²) in [5, 5.41) is 4.43. The maximum Gasteiger partial charge on any atom is 0.254 e. The molecule has 0 spiro atoms. The third kappa shape index (κ3) is 2.97. The summed E-state index contributed by atoms with van der Waals surface area (Å²) < 4.78 is 7.20. The molecule has 3 rings (SSSR count). The molecule has 1 unspecified atom stereocenters. The van der Waals surface area contributed by atoms with E-state index in [1.807, 2.05) is 18.9 Å². The van der Waals surface area contributed by atoms with Crippen LogP contribution in [0.25, 0.3) is 0 Å². The van der Waals surface area contributed by atoms with Crippen LogP contribution in [0.5, 0.6) is 5.88 Å². The van der Waals surface area contributed by atoms with Crippen LogP contribution in [0, 0.1) is 6.92 Å². The summed E-state index contributed by atoms with van der Waals surface area (Å²) in [7, 11) is 3.45. The first kappa shape index (κ1) is 17.0. The SMILES string of the molecule is COc1c(C2CCCN2C(=O)c2ccc(C(N)=O)cc2)c(C)nn1C. The second-order valence-electron chi connectivity index (χ2n) is 6.23. The number of amides is 2. The van der Waals surface area contributed by atoms with Crippen molar-refractivity contribution in [3.63, 3.8) is 0 Å². The Morgan fingerprint density at radius 2 is 1.88 bits per heavy atom. The molecule has 0 bridgehead atoms. The molecule has 7 nitrogen and oxygen atoms in total. The van der Waals surface area contributed by atoms with Crippen molar-refractivity contribution < 1.29 is 14.3 Å². The first-order chi connectivity index (χ1) is 11.9. The van der Waals surface area contributed by atoms with Gasteiger partial charge in [0.25, 0.3) is 5.91 Å². The van der Waals surface area contributed by atoms with Gasteiger partial charge in [-0.05, 0) is 44.0 Å². The predicted octanol–water partition coefficient (Wildman–Crippen LogP) is 1.81. The third-order valence-corrected chi connectivity index (χ3v) is 4.67. The lowest BCUT2D eigenvalue weighted by Gasteiger charge is -2.25. The Morgan fingerprint density at radius 3 is 2.48 bits per heavy atom. The zero-order chi connectivity index (χ0) is 18.1. The van der Waals surface area contributed by atoms with Crippen molar-refractivity contribution in [3.8, 4) is 5.88 Å². The number of carbonyl (C=O) groups excluding carboxylic acids is 2. The van der Waals surface area contributed by atoms with Crippen LogP contribution in [0.1, 0.15) is 50.9 Å². The van der Waals surface area contributed by atoms with E-state index in [4.69, 9.17) is 10.5 Å². The molecule has 1 aromatic carbocycles. The highest BCUT2D eigenvalue weighted by Gasteiger charge is 2.35. The number of benzene rings is 1. The average Bonchev–Trinajstić information content (AvgIpc) is 3.17. The minimum atomic E-state index is -0.506. The van der Waals surface area contributed by atoms with Gasteiger partial charge in [0.1, 0.15) is 0 Å². The van der Waals surface area contributed by atoms with E-state index in [0.717, 1.165) is 24.1 Å². The van der Waals surface area contributed by atoms with Gasteiger partial charge in [0.2, 0.25) is 11.8 Å². The number of nitrogens with zero attached hydrogens (tertiary/aromatic N) is 3. The summed E-state index contributed by atoms with van der Waals surface area (Å²) in [4.78, 5) is 26.0. The lowest BCUT2D eigenvalue weighted by Crippen LogP contribution is -2.31. The van der Waals surface area contributed by atoms with Crippen molar-refractivity contribution in [2.24, 2.45) is 12.8 Å². The van der Waals surface area contributed by atoms with Crippen LogP contribution in [0.2, 0.25) is 0 Å². The number of aryl methyl sites for hydroxylation is 2. The highest BCUT2D eigenvalue weighted by molar-refractivity contribution is 5.97. The van der Waals surface area contributed by atoms with Crippen LogP contribution >= 0.6 is 0 Å². The number of hydrogen-bond donors (Lipinski definition) is 1. The second kappa shape index (κ2) is 6.58. The first-order valence-electron chi connectivity index (χ1n) is 8.22. The van der Waals surface area contributed by atoms with Gasteiger partial charge in [0.15, 0.2) is 0 Å². The molecule has 2 N–H and O–H groups in total. The minimum Gasteiger partial charge on any atom is -0.481 e. The molecule has 1 aromatic heterocycles. The molecule has 1 atom stereocenters. The Balaban J connectivity index is 1.91. The summed E-state index contributed by atoms with van der Waals surface area (Å²) in [6, 6.07) is 6.38. The van der Waals surface area contributed by atoms with Gasteiger partial charge in [0.05, 0.1) is 24.4 Å². The third-order valence-electron chi connectivity index (χ3n) is 4.67. The van der Waals surface area contributed by atoms with Crippen LogP contribution in [0.15, 0.2) is 24.3 Å². The Morgan fingerprint density at radius 1 is 1.24 bits per heavy atom. The van der Waals surface area contributed by atoms with Gasteiger partial charge in [-0.25, -0.2) is 4.68 Å². The number of likely N-dealkylation sites (tertiary alicyclic amines) is 1. The molecule has 2 amide bonds. The molecular weight excluding hydrogens is 320 g/mol. The van der Waals surface area contributed by atoms with Crippen LogP contribution in [-0.4, -0.2) is 40.1 Å². The number of aromatic nitrogens is 2. The summed E-state index contributed by atoms with van der Waals surface area (Å²) in [5.41, 5.74) is 8.01. The van der Waals surface area contributed by atoms with Crippen LogP contribution < -0.4 is 10.5 Å². The van der Waals surface area contributed by atoms with Crippen molar-refractivity contribution >= 4 is 11.8 Å². The molecule has 1 aliphatic rings. The van der Waals surface area contributed by atoms with E-state index in [0.29, 0.717) is 23.6 Å². The highest BCUT2D eigenvalue weighted by Crippen LogP contribution is 2.39. The lowest BCUT2D eigenvalue weighted by atomic mass is 10.0. The number of methoxy groups -OCH3 is 1. The highest BCUT2D eigenvalue weighted by atomic mass is 16.5. The van der Waals surface area contributed by atoms with E-state index in [2.05, 4.69) is 5.10 Å². The number of carbonyl (C=O) groups is 2. The zero-order valence-electron chi connectivity index (χ0n) is 14.7. The summed E-state index contributed by atoms with van der Waals surface area (Å²) in [5.74, 6) is 0.115. The number of rotatable bonds is 4. The van der Waals surface area contributed by atoms with E-state index in [1.54, 1.807) is 36.1 Å². The molecule has 132 valence electrons. The molecule has 1 saturated heterocycles. The molecule has 1 aliphatic heterocycles.